The predicted octanol–water partition coefficient (Wildman–Crippen LogP) is 2.68. The molecule has 0 bridgehead atoms. The van der Waals surface area contributed by atoms with Crippen LogP contribution in [-0.4, -0.2) is 53.0 Å². The summed E-state index contributed by atoms with van der Waals surface area (Å²) in [7, 11) is 3.64. The Morgan fingerprint density at radius 2 is 1.89 bits per heavy atom. The number of allylic oxidation sites excluding steroid dienone is 1. The summed E-state index contributed by atoms with van der Waals surface area (Å²) >= 11 is 0. The summed E-state index contributed by atoms with van der Waals surface area (Å²) in [6.45, 7) is 3.16. The van der Waals surface area contributed by atoms with E-state index in [0.717, 1.165) is 23.7 Å². The summed E-state index contributed by atoms with van der Waals surface area (Å²) in [5.41, 5.74) is 2.24. The van der Waals surface area contributed by atoms with Crippen LogP contribution in [0.5, 0.6) is 0 Å². The smallest absolute Gasteiger partial charge is 0.255 e. The number of aromatic nitrogens is 1. The van der Waals surface area contributed by atoms with Crippen LogP contribution in [0.15, 0.2) is 17.1 Å². The minimum atomic E-state index is 0.00786. The molecule has 2 heterocycles. The number of pyridine rings is 1. The van der Waals surface area contributed by atoms with Gasteiger partial charge in [-0.1, -0.05) is 25.0 Å². The van der Waals surface area contributed by atoms with Crippen LogP contribution >= 0.6 is 0 Å². The fraction of sp³-hybridized carbons (Fsp3) is 0.636. The predicted molar refractivity (Wildman–Crippen MR) is 108 cm³/mol. The Hall–Kier alpha value is -1.88. The molecule has 1 saturated carbocycles. The van der Waals surface area contributed by atoms with Crippen molar-refractivity contribution < 1.29 is 4.79 Å². The number of rotatable bonds is 4. The number of nitrogens with zero attached hydrogens (tertiary/aromatic N) is 3. The standard InChI is InChI=1S/C22H31N3O2/c1-23(14-16-10-12-25(13-11-16)17-6-3-4-7-17)22(27)20-15-24(2)21(26)19-9-5-8-18(19)20/h5,8,15-17H,3-4,6-7,9-14H2,1-2H3. The Labute approximate surface area is 161 Å². The van der Waals surface area contributed by atoms with Crippen LogP contribution in [0.1, 0.15) is 60.0 Å². The molecule has 5 heteroatoms. The van der Waals surface area contributed by atoms with Crippen LogP contribution < -0.4 is 5.56 Å². The maximum Gasteiger partial charge on any atom is 0.255 e. The number of carbonyl (C=O) groups is 1. The zero-order valence-corrected chi connectivity index (χ0v) is 16.6. The van der Waals surface area contributed by atoms with Crippen LogP contribution in [-0.2, 0) is 13.5 Å². The molecule has 2 fully saturated rings. The molecule has 0 atom stereocenters. The molecule has 1 aromatic rings. The molecule has 1 saturated heterocycles. The van der Waals surface area contributed by atoms with E-state index in [9.17, 15) is 9.59 Å². The van der Waals surface area contributed by atoms with Gasteiger partial charge in [-0.2, -0.15) is 0 Å². The number of aryl methyl sites for hydroxylation is 1. The molecule has 1 aliphatic heterocycles. The molecule has 3 aliphatic rings. The molecule has 5 nitrogen and oxygen atoms in total. The van der Waals surface area contributed by atoms with Crippen LogP contribution in [0.3, 0.4) is 0 Å². The second kappa shape index (κ2) is 7.63. The highest BCUT2D eigenvalue weighted by Gasteiger charge is 2.29. The van der Waals surface area contributed by atoms with E-state index in [1.54, 1.807) is 17.8 Å². The van der Waals surface area contributed by atoms with Gasteiger partial charge in [0.1, 0.15) is 0 Å². The van der Waals surface area contributed by atoms with E-state index < -0.39 is 0 Å². The zero-order chi connectivity index (χ0) is 19.0. The lowest BCUT2D eigenvalue weighted by Crippen LogP contribution is -2.43. The van der Waals surface area contributed by atoms with Gasteiger partial charge in [-0.05, 0) is 56.7 Å². The number of hydrogen-bond acceptors (Lipinski definition) is 3. The van der Waals surface area contributed by atoms with E-state index >= 15 is 0 Å². The fourth-order valence-corrected chi connectivity index (χ4v) is 5.11. The first-order valence-corrected chi connectivity index (χ1v) is 10.4. The maximum atomic E-state index is 13.1. The fourth-order valence-electron chi connectivity index (χ4n) is 5.11. The molecule has 0 radical (unpaired) electrons. The highest BCUT2D eigenvalue weighted by Crippen LogP contribution is 2.28. The number of carbonyl (C=O) groups excluding carboxylic acids is 1. The SMILES string of the molecule is CN(CC1CCN(C2CCCC2)CC1)C(=O)c1cn(C)c(=O)c2c1C=CC2. The van der Waals surface area contributed by atoms with Gasteiger partial charge in [-0.25, -0.2) is 0 Å². The first-order chi connectivity index (χ1) is 13.0. The molecule has 0 unspecified atom stereocenters. The third-order valence-electron chi connectivity index (χ3n) is 6.72. The highest BCUT2D eigenvalue weighted by molar-refractivity contribution is 5.98. The van der Waals surface area contributed by atoms with E-state index in [-0.39, 0.29) is 11.5 Å². The average Bonchev–Trinajstić information content (AvgIpc) is 3.36. The Morgan fingerprint density at radius 3 is 2.59 bits per heavy atom. The zero-order valence-electron chi connectivity index (χ0n) is 16.6. The first-order valence-electron chi connectivity index (χ1n) is 10.4. The lowest BCUT2D eigenvalue weighted by atomic mass is 9.94. The number of piperidine rings is 1. The summed E-state index contributed by atoms with van der Waals surface area (Å²) < 4.78 is 1.55. The Bertz CT molecular complexity index is 797. The first kappa shape index (κ1) is 18.5. The number of fused-ring (bicyclic) bond motifs is 1. The maximum absolute atomic E-state index is 13.1. The van der Waals surface area contributed by atoms with Crippen molar-refractivity contribution >= 4 is 12.0 Å². The topological polar surface area (TPSA) is 45.5 Å². The lowest BCUT2D eigenvalue weighted by Gasteiger charge is -2.37. The summed E-state index contributed by atoms with van der Waals surface area (Å²) in [6.07, 6.45) is 14.1. The van der Waals surface area contributed by atoms with E-state index in [1.807, 2.05) is 24.1 Å². The number of hydrogen-bond donors (Lipinski definition) is 0. The van der Waals surface area contributed by atoms with Crippen LogP contribution in [0, 0.1) is 5.92 Å². The van der Waals surface area contributed by atoms with Gasteiger partial charge in [0.05, 0.1) is 5.56 Å². The van der Waals surface area contributed by atoms with E-state index in [4.69, 9.17) is 0 Å². The number of amides is 1. The van der Waals surface area contributed by atoms with Crippen molar-refractivity contribution in [2.45, 2.75) is 51.0 Å². The normalized spacial score (nSPS) is 21.0. The molecule has 27 heavy (non-hydrogen) atoms. The van der Waals surface area contributed by atoms with Crippen molar-refractivity contribution in [3.63, 3.8) is 0 Å². The van der Waals surface area contributed by atoms with Gasteiger partial charge in [-0.15, -0.1) is 0 Å². The quantitative estimate of drug-likeness (QED) is 0.820. The second-order valence-corrected chi connectivity index (χ2v) is 8.56. The molecule has 0 spiro atoms. The molecule has 146 valence electrons. The molecule has 0 N–H and O–H groups in total. The van der Waals surface area contributed by atoms with E-state index in [0.29, 0.717) is 17.9 Å². The van der Waals surface area contributed by atoms with Crippen molar-refractivity contribution in [2.24, 2.45) is 13.0 Å². The molecule has 1 aromatic heterocycles. The van der Waals surface area contributed by atoms with Gasteiger partial charge in [0.15, 0.2) is 0 Å². The van der Waals surface area contributed by atoms with Gasteiger partial charge < -0.3 is 14.4 Å². The third-order valence-corrected chi connectivity index (χ3v) is 6.72. The third kappa shape index (κ3) is 3.62. The van der Waals surface area contributed by atoms with E-state index in [1.165, 1.54) is 51.6 Å². The Morgan fingerprint density at radius 1 is 1.19 bits per heavy atom. The summed E-state index contributed by atoms with van der Waals surface area (Å²) in [5.74, 6) is 0.611. The van der Waals surface area contributed by atoms with Crippen molar-refractivity contribution in [1.82, 2.24) is 14.4 Å². The van der Waals surface area contributed by atoms with Gasteiger partial charge in [0.2, 0.25) is 0 Å². The van der Waals surface area contributed by atoms with Gasteiger partial charge in [0.25, 0.3) is 11.5 Å². The van der Waals surface area contributed by atoms with E-state index in [2.05, 4.69) is 4.90 Å². The minimum absolute atomic E-state index is 0.00786. The molecule has 1 amide bonds. The van der Waals surface area contributed by atoms with Crippen molar-refractivity contribution in [1.29, 1.82) is 0 Å². The summed E-state index contributed by atoms with van der Waals surface area (Å²) in [6, 6.07) is 0.810. The molecular formula is C22H31N3O2. The van der Waals surface area contributed by atoms with Crippen LogP contribution in [0.25, 0.3) is 6.08 Å². The summed E-state index contributed by atoms with van der Waals surface area (Å²) in [4.78, 5) is 29.9. The average molecular weight is 370 g/mol. The van der Waals surface area contributed by atoms with Crippen LogP contribution in [0.2, 0.25) is 0 Å². The van der Waals surface area contributed by atoms with Crippen molar-refractivity contribution in [2.75, 3.05) is 26.7 Å². The molecular weight excluding hydrogens is 338 g/mol. The largest absolute Gasteiger partial charge is 0.341 e. The number of likely N-dealkylation sites (tertiary alicyclic amines) is 1. The molecule has 2 aliphatic carbocycles. The Kier molecular flexibility index (Phi) is 5.22. The highest BCUT2D eigenvalue weighted by atomic mass is 16.2. The van der Waals surface area contributed by atoms with Crippen molar-refractivity contribution in [3.8, 4) is 0 Å². The van der Waals surface area contributed by atoms with Gasteiger partial charge >= 0.3 is 0 Å². The monoisotopic (exact) mass is 369 g/mol. The lowest BCUT2D eigenvalue weighted by molar-refractivity contribution is 0.0716. The van der Waals surface area contributed by atoms with Gasteiger partial charge in [-0.3, -0.25) is 9.59 Å². The van der Waals surface area contributed by atoms with Gasteiger partial charge in [0, 0.05) is 38.4 Å². The van der Waals surface area contributed by atoms with Crippen molar-refractivity contribution in [3.05, 3.63) is 39.3 Å². The minimum Gasteiger partial charge on any atom is -0.341 e. The van der Waals surface area contributed by atoms with Crippen LogP contribution in [0.4, 0.5) is 0 Å². The second-order valence-electron chi connectivity index (χ2n) is 8.56. The molecule has 4 rings (SSSR count). The molecule has 0 aromatic carbocycles. The Balaban J connectivity index is 1.39. The summed E-state index contributed by atoms with van der Waals surface area (Å²) in [5, 5.41) is 0.